The van der Waals surface area contributed by atoms with Gasteiger partial charge < -0.3 is 4.74 Å². The maximum absolute atomic E-state index is 14.1. The molecule has 4 aromatic rings. The lowest BCUT2D eigenvalue weighted by molar-refractivity contribution is -0.135. The van der Waals surface area contributed by atoms with Crippen LogP contribution in [0.5, 0.6) is 5.75 Å². The molecule has 5 rings (SSSR count). The summed E-state index contributed by atoms with van der Waals surface area (Å²) in [5.74, 6) is -13.6. The summed E-state index contributed by atoms with van der Waals surface area (Å²) in [4.78, 5) is 18.6. The van der Waals surface area contributed by atoms with E-state index in [1.54, 1.807) is 35.8 Å². The number of thiophene rings is 1. The quantitative estimate of drug-likeness (QED) is 0.0931. The zero-order valence-electron chi connectivity index (χ0n) is 19.9. The molecule has 6 nitrogen and oxygen atoms in total. The fraction of sp³-hybridized carbons (Fsp3) is 0.200. The molecule has 0 bridgehead atoms. The average molecular weight is 567 g/mol. The molecule has 0 amide bonds. The summed E-state index contributed by atoms with van der Waals surface area (Å²) in [6.45, 7) is 5.59. The Morgan fingerprint density at radius 1 is 0.974 bits per heavy atom. The van der Waals surface area contributed by atoms with Gasteiger partial charge in [0.1, 0.15) is 16.9 Å². The molecule has 0 saturated heterocycles. The SMILES string of the molecule is Cc1sc2c(c1C)C(c1ccc(Cl)cc1)=NC(CC(=O)Oc1c(F)c(F)c(F)c(F)c1F)c1nnc(C)n1-2. The van der Waals surface area contributed by atoms with E-state index in [1.807, 2.05) is 13.8 Å². The molecular formula is C25H16ClF5N4O2S. The van der Waals surface area contributed by atoms with Crippen molar-refractivity contribution in [3.63, 3.8) is 0 Å². The van der Waals surface area contributed by atoms with Crippen molar-refractivity contribution in [2.75, 3.05) is 0 Å². The number of hydrogen-bond donors (Lipinski definition) is 0. The van der Waals surface area contributed by atoms with Crippen LogP contribution in [0.2, 0.25) is 5.02 Å². The van der Waals surface area contributed by atoms with Crippen LogP contribution in [0.25, 0.3) is 5.00 Å². The van der Waals surface area contributed by atoms with Gasteiger partial charge >= 0.3 is 5.97 Å². The highest BCUT2D eigenvalue weighted by atomic mass is 35.5. The summed E-state index contributed by atoms with van der Waals surface area (Å²) < 4.78 is 75.2. The molecule has 0 spiro atoms. The number of aryl methyl sites for hydroxylation is 2. The van der Waals surface area contributed by atoms with Gasteiger partial charge in [0.2, 0.25) is 34.8 Å². The maximum atomic E-state index is 14.1. The normalized spacial score (nSPS) is 14.6. The van der Waals surface area contributed by atoms with E-state index < -0.39 is 53.3 Å². The van der Waals surface area contributed by atoms with Crippen LogP contribution in [-0.4, -0.2) is 26.4 Å². The lowest BCUT2D eigenvalue weighted by atomic mass is 9.99. The standard InChI is InChI=1S/C25H16ClF5N4O2S/c1-9-10(2)38-25-16(9)22(12-4-6-13(26)7-5-12)32-14(24-34-33-11(3)35(24)25)8-15(36)37-23-20(30)18(28)17(27)19(29)21(23)31/h4-7,14H,8H2,1-3H3. The lowest BCUT2D eigenvalue weighted by Crippen LogP contribution is -2.17. The average Bonchev–Trinajstić information content (AvgIpc) is 3.36. The molecule has 0 fully saturated rings. The van der Waals surface area contributed by atoms with Crippen LogP contribution >= 0.6 is 22.9 Å². The minimum absolute atomic E-state index is 0.239. The van der Waals surface area contributed by atoms with Gasteiger partial charge in [0.15, 0.2) is 5.82 Å². The topological polar surface area (TPSA) is 69.4 Å². The van der Waals surface area contributed by atoms with Crippen LogP contribution in [0, 0.1) is 49.9 Å². The van der Waals surface area contributed by atoms with E-state index in [4.69, 9.17) is 16.6 Å². The minimum atomic E-state index is -2.36. The van der Waals surface area contributed by atoms with Crippen LogP contribution in [0.15, 0.2) is 29.3 Å². The van der Waals surface area contributed by atoms with Crippen molar-refractivity contribution in [3.8, 4) is 10.8 Å². The molecule has 38 heavy (non-hydrogen) atoms. The fourth-order valence-electron chi connectivity index (χ4n) is 4.12. The number of aromatic nitrogens is 3. The van der Waals surface area contributed by atoms with Gasteiger partial charge in [0.05, 0.1) is 12.1 Å². The minimum Gasteiger partial charge on any atom is -0.420 e. The van der Waals surface area contributed by atoms with E-state index in [2.05, 4.69) is 14.9 Å². The van der Waals surface area contributed by atoms with E-state index >= 15 is 0 Å². The second kappa shape index (κ2) is 9.59. The van der Waals surface area contributed by atoms with Gasteiger partial charge in [-0.15, -0.1) is 21.5 Å². The third kappa shape index (κ3) is 4.17. The molecule has 3 heterocycles. The molecule has 0 radical (unpaired) electrons. The van der Waals surface area contributed by atoms with E-state index in [9.17, 15) is 26.7 Å². The third-order valence-corrected chi connectivity index (χ3v) is 7.55. The Balaban J connectivity index is 1.61. The molecule has 0 saturated carbocycles. The number of nitrogens with zero attached hydrogens (tertiary/aromatic N) is 4. The maximum Gasteiger partial charge on any atom is 0.314 e. The second-order valence-corrected chi connectivity index (χ2v) is 10.1. The first-order chi connectivity index (χ1) is 18.0. The molecule has 196 valence electrons. The van der Waals surface area contributed by atoms with Crippen molar-refractivity contribution in [3.05, 3.63) is 91.6 Å². The summed E-state index contributed by atoms with van der Waals surface area (Å²) in [6.07, 6.45) is -0.637. The number of aliphatic imine (C=N–C) groups is 1. The summed E-state index contributed by atoms with van der Waals surface area (Å²) in [5.41, 5.74) is 2.88. The van der Waals surface area contributed by atoms with Gasteiger partial charge in [0.25, 0.3) is 0 Å². The Labute approximate surface area is 221 Å². The third-order valence-electron chi connectivity index (χ3n) is 6.10. The summed E-state index contributed by atoms with van der Waals surface area (Å²) in [7, 11) is 0. The number of fused-ring (bicyclic) bond motifs is 3. The number of rotatable bonds is 4. The van der Waals surface area contributed by atoms with Gasteiger partial charge in [-0.3, -0.25) is 14.4 Å². The number of carbonyl (C=O) groups is 1. The Kier molecular flexibility index (Phi) is 6.56. The Morgan fingerprint density at radius 2 is 1.58 bits per heavy atom. The van der Waals surface area contributed by atoms with Crippen LogP contribution < -0.4 is 4.74 Å². The van der Waals surface area contributed by atoms with Crippen LogP contribution in [0.4, 0.5) is 22.0 Å². The largest absolute Gasteiger partial charge is 0.420 e. The first kappa shape index (κ1) is 26.0. The van der Waals surface area contributed by atoms with Gasteiger partial charge in [-0.1, -0.05) is 23.7 Å². The van der Waals surface area contributed by atoms with E-state index in [0.29, 0.717) is 22.1 Å². The molecule has 0 aliphatic carbocycles. The Hall–Kier alpha value is -3.64. The van der Waals surface area contributed by atoms with E-state index in [0.717, 1.165) is 21.0 Å². The first-order valence-corrected chi connectivity index (χ1v) is 12.3. The highest BCUT2D eigenvalue weighted by molar-refractivity contribution is 7.15. The van der Waals surface area contributed by atoms with Crippen molar-refractivity contribution in [2.24, 2.45) is 4.99 Å². The zero-order chi connectivity index (χ0) is 27.5. The van der Waals surface area contributed by atoms with Gasteiger partial charge in [-0.05, 0) is 38.5 Å². The molecule has 13 heteroatoms. The Morgan fingerprint density at radius 3 is 2.21 bits per heavy atom. The summed E-state index contributed by atoms with van der Waals surface area (Å²) in [6, 6.07) is 5.78. The number of benzene rings is 2. The second-order valence-electron chi connectivity index (χ2n) is 8.48. The number of carbonyl (C=O) groups excluding carboxylic acids is 1. The van der Waals surface area contributed by atoms with Crippen molar-refractivity contribution in [2.45, 2.75) is 33.2 Å². The summed E-state index contributed by atoms with van der Waals surface area (Å²) >= 11 is 7.53. The highest BCUT2D eigenvalue weighted by Gasteiger charge is 2.34. The molecule has 1 aliphatic rings. The van der Waals surface area contributed by atoms with Crippen molar-refractivity contribution < 1.29 is 31.5 Å². The molecule has 0 N–H and O–H groups in total. The first-order valence-electron chi connectivity index (χ1n) is 11.1. The van der Waals surface area contributed by atoms with E-state index in [1.165, 1.54) is 11.3 Å². The van der Waals surface area contributed by atoms with Gasteiger partial charge in [-0.2, -0.15) is 8.78 Å². The van der Waals surface area contributed by atoms with Crippen molar-refractivity contribution in [1.29, 1.82) is 0 Å². The van der Waals surface area contributed by atoms with Crippen LogP contribution in [-0.2, 0) is 4.79 Å². The fourth-order valence-corrected chi connectivity index (χ4v) is 5.46. The number of ether oxygens (including phenoxy) is 1. The van der Waals surface area contributed by atoms with Crippen LogP contribution in [0.1, 0.15) is 45.7 Å². The van der Waals surface area contributed by atoms with Gasteiger partial charge in [-0.25, -0.2) is 13.2 Å². The van der Waals surface area contributed by atoms with Gasteiger partial charge in [0, 0.05) is 21.0 Å². The molecule has 2 aromatic carbocycles. The predicted molar refractivity (Wildman–Crippen MR) is 130 cm³/mol. The molecule has 1 atom stereocenters. The summed E-state index contributed by atoms with van der Waals surface area (Å²) in [5, 5.41) is 9.54. The molecule has 1 unspecified atom stereocenters. The number of hydrogen-bond acceptors (Lipinski definition) is 6. The van der Waals surface area contributed by atoms with Crippen molar-refractivity contribution >= 4 is 34.6 Å². The number of halogens is 6. The molecular weight excluding hydrogens is 551 g/mol. The van der Waals surface area contributed by atoms with Crippen molar-refractivity contribution in [1.82, 2.24) is 14.8 Å². The van der Waals surface area contributed by atoms with Crippen LogP contribution in [0.3, 0.4) is 0 Å². The zero-order valence-corrected chi connectivity index (χ0v) is 21.4. The monoisotopic (exact) mass is 566 g/mol. The highest BCUT2D eigenvalue weighted by Crippen LogP contribution is 2.40. The molecule has 1 aliphatic heterocycles. The molecule has 2 aromatic heterocycles. The lowest BCUT2D eigenvalue weighted by Gasteiger charge is -2.13. The van der Waals surface area contributed by atoms with E-state index in [-0.39, 0.29) is 5.82 Å². The Bertz CT molecular complexity index is 1620. The predicted octanol–water partition coefficient (Wildman–Crippen LogP) is 6.49. The smallest absolute Gasteiger partial charge is 0.314 e. The number of esters is 1.